The minimum atomic E-state index is -2.00. The number of carbonyl (C=O) groups is 3. The lowest BCUT2D eigenvalue weighted by Crippen LogP contribution is -2.50. The Balaban J connectivity index is 1.42. The van der Waals surface area contributed by atoms with Gasteiger partial charge in [0.05, 0.1) is 12.6 Å². The fourth-order valence-electron chi connectivity index (χ4n) is 4.80. The third-order valence-electron chi connectivity index (χ3n) is 6.67. The zero-order valence-corrected chi connectivity index (χ0v) is 19.1. The zero-order chi connectivity index (χ0) is 25.0. The molecule has 0 aromatic heterocycles. The number of unbranched alkanes of at least 4 members (excludes halogenated alkanes) is 1. The van der Waals surface area contributed by atoms with Crippen LogP contribution in [0.1, 0.15) is 42.7 Å². The number of nitrogens with one attached hydrogen (secondary N) is 1. The Bertz CT molecular complexity index is 1130. The van der Waals surface area contributed by atoms with E-state index >= 15 is 0 Å². The topological polar surface area (TPSA) is 140 Å². The smallest absolute Gasteiger partial charge is 0.407 e. The number of hydrogen-bond donors (Lipinski definition) is 3. The molecule has 3 N–H and O–H groups in total. The summed E-state index contributed by atoms with van der Waals surface area (Å²) in [5, 5.41) is 30.9. The molecule has 2 atom stereocenters. The highest BCUT2D eigenvalue weighted by molar-refractivity contribution is 5.88. The van der Waals surface area contributed by atoms with E-state index in [0.717, 1.165) is 22.3 Å². The maximum atomic E-state index is 13.0. The summed E-state index contributed by atoms with van der Waals surface area (Å²) in [5.74, 6) is -2.03. The van der Waals surface area contributed by atoms with Crippen LogP contribution in [0.3, 0.4) is 0 Å². The molecule has 0 radical (unpaired) electrons. The Morgan fingerprint density at radius 1 is 1.14 bits per heavy atom. The first-order valence-corrected chi connectivity index (χ1v) is 11.6. The normalized spacial score (nSPS) is 19.4. The molecule has 2 aromatic rings. The first-order chi connectivity index (χ1) is 16.8. The van der Waals surface area contributed by atoms with Crippen molar-refractivity contribution in [2.75, 3.05) is 19.7 Å². The number of carboxylic acid groups (broad SMARTS) is 1. The predicted octanol–water partition coefficient (Wildman–Crippen LogP) is 2.64. The summed E-state index contributed by atoms with van der Waals surface area (Å²) in [7, 11) is 0. The Hall–Kier alpha value is -3.90. The van der Waals surface area contributed by atoms with Crippen LogP contribution in [0.5, 0.6) is 0 Å². The Morgan fingerprint density at radius 2 is 1.77 bits per heavy atom. The number of nitrogens with zero attached hydrogens (tertiary/aromatic N) is 2. The molecule has 0 spiro atoms. The summed E-state index contributed by atoms with van der Waals surface area (Å²) >= 11 is 0. The number of aliphatic carboxylic acids is 1. The van der Waals surface area contributed by atoms with E-state index in [4.69, 9.17) is 10.00 Å². The molecule has 1 saturated heterocycles. The number of carboxylic acids is 1. The molecule has 35 heavy (non-hydrogen) atoms. The van der Waals surface area contributed by atoms with Crippen LogP contribution < -0.4 is 5.32 Å². The lowest BCUT2D eigenvalue weighted by molar-refractivity contribution is -0.157. The fraction of sp³-hybridized carbons (Fsp3) is 0.385. The first-order valence-electron chi connectivity index (χ1n) is 11.6. The molecule has 4 rings (SSSR count). The lowest BCUT2D eigenvalue weighted by Gasteiger charge is -2.25. The van der Waals surface area contributed by atoms with Crippen molar-refractivity contribution >= 4 is 18.0 Å². The van der Waals surface area contributed by atoms with Crippen molar-refractivity contribution in [3.63, 3.8) is 0 Å². The molecule has 1 heterocycles. The summed E-state index contributed by atoms with van der Waals surface area (Å²) in [6, 6.07) is 16.9. The predicted molar refractivity (Wildman–Crippen MR) is 125 cm³/mol. The number of rotatable bonds is 8. The van der Waals surface area contributed by atoms with Gasteiger partial charge in [-0.15, -0.1) is 0 Å². The molecule has 2 aliphatic rings. The quantitative estimate of drug-likeness (QED) is 0.497. The van der Waals surface area contributed by atoms with Crippen LogP contribution in [0.25, 0.3) is 11.1 Å². The van der Waals surface area contributed by atoms with Gasteiger partial charge in [-0.2, -0.15) is 5.26 Å². The van der Waals surface area contributed by atoms with Crippen LogP contribution in [0.4, 0.5) is 4.79 Å². The Labute approximate surface area is 202 Å². The van der Waals surface area contributed by atoms with E-state index in [9.17, 15) is 24.6 Å². The van der Waals surface area contributed by atoms with E-state index in [0.29, 0.717) is 6.42 Å². The van der Waals surface area contributed by atoms with Crippen LogP contribution in [0.15, 0.2) is 48.5 Å². The monoisotopic (exact) mass is 477 g/mol. The van der Waals surface area contributed by atoms with Gasteiger partial charge in [0.2, 0.25) is 5.91 Å². The highest BCUT2D eigenvalue weighted by atomic mass is 16.5. The SMILES string of the molecule is N#CCCCC(NC(=O)OCC1c2ccccc2-c2ccccc21)C(=O)N1CCC(O)(C(=O)O)C1. The van der Waals surface area contributed by atoms with Gasteiger partial charge >= 0.3 is 12.1 Å². The highest BCUT2D eigenvalue weighted by Gasteiger charge is 2.45. The van der Waals surface area contributed by atoms with E-state index in [1.54, 1.807) is 0 Å². The lowest BCUT2D eigenvalue weighted by atomic mass is 9.98. The summed E-state index contributed by atoms with van der Waals surface area (Å²) in [5.41, 5.74) is 2.32. The van der Waals surface area contributed by atoms with Crippen LogP contribution in [-0.4, -0.2) is 64.4 Å². The number of alkyl carbamates (subject to hydrolysis) is 1. The molecule has 2 amide bonds. The zero-order valence-electron chi connectivity index (χ0n) is 19.1. The van der Waals surface area contributed by atoms with Crippen molar-refractivity contribution in [1.82, 2.24) is 10.2 Å². The molecule has 9 heteroatoms. The standard InChI is InChI=1S/C26H27N3O6/c27-13-6-5-11-22(23(30)29-14-12-26(34,16-29)24(31)32)28-25(33)35-15-21-19-9-3-1-7-17(19)18-8-2-4-10-20(18)21/h1-4,7-10,21-22,34H,5-6,11-12,14-16H2,(H,28,33)(H,31,32). The largest absolute Gasteiger partial charge is 0.479 e. The molecule has 1 aliphatic heterocycles. The molecule has 1 aliphatic carbocycles. The van der Waals surface area contributed by atoms with E-state index in [1.165, 1.54) is 4.90 Å². The number of ether oxygens (including phenoxy) is 1. The number of likely N-dealkylation sites (tertiary alicyclic amines) is 1. The maximum Gasteiger partial charge on any atom is 0.407 e. The average molecular weight is 478 g/mol. The Kier molecular flexibility index (Phi) is 7.03. The van der Waals surface area contributed by atoms with Crippen molar-refractivity contribution in [3.05, 3.63) is 59.7 Å². The fourth-order valence-corrected chi connectivity index (χ4v) is 4.80. The van der Waals surface area contributed by atoms with Gasteiger partial charge in [-0.1, -0.05) is 48.5 Å². The van der Waals surface area contributed by atoms with E-state index in [1.807, 2.05) is 54.6 Å². The van der Waals surface area contributed by atoms with Gasteiger partial charge in [0.15, 0.2) is 5.60 Å². The molecule has 1 fully saturated rings. The number of β-amino-alcohol motifs (C(OH)–C–C–N with tert-alkyl or cyclic N) is 1. The highest BCUT2D eigenvalue weighted by Crippen LogP contribution is 2.44. The summed E-state index contributed by atoms with van der Waals surface area (Å²) < 4.78 is 5.54. The van der Waals surface area contributed by atoms with Crippen molar-refractivity contribution < 1.29 is 29.3 Å². The number of amides is 2. The molecule has 9 nitrogen and oxygen atoms in total. The van der Waals surface area contributed by atoms with Crippen LogP contribution >= 0.6 is 0 Å². The van der Waals surface area contributed by atoms with Crippen molar-refractivity contribution in [1.29, 1.82) is 5.26 Å². The molecular formula is C26H27N3O6. The summed E-state index contributed by atoms with van der Waals surface area (Å²) in [4.78, 5) is 38.3. The van der Waals surface area contributed by atoms with Gasteiger partial charge < -0.3 is 25.2 Å². The maximum absolute atomic E-state index is 13.0. The average Bonchev–Trinajstić information content (AvgIpc) is 3.41. The van der Waals surface area contributed by atoms with Crippen LogP contribution in [-0.2, 0) is 14.3 Å². The second-order valence-corrected chi connectivity index (χ2v) is 8.92. The molecule has 0 saturated carbocycles. The van der Waals surface area contributed by atoms with Crippen LogP contribution in [0, 0.1) is 11.3 Å². The second kappa shape index (κ2) is 10.2. The van der Waals surface area contributed by atoms with Gasteiger partial charge in [-0.05, 0) is 35.1 Å². The molecule has 2 aromatic carbocycles. The minimum absolute atomic E-state index is 0.0583. The molecular weight excluding hydrogens is 450 g/mol. The van der Waals surface area contributed by atoms with Gasteiger partial charge in [-0.25, -0.2) is 9.59 Å². The van der Waals surface area contributed by atoms with E-state index in [-0.39, 0.29) is 44.9 Å². The van der Waals surface area contributed by atoms with Gasteiger partial charge in [0.25, 0.3) is 0 Å². The summed E-state index contributed by atoms with van der Waals surface area (Å²) in [6.45, 7) is -0.216. The first kappa shape index (κ1) is 24.2. The van der Waals surface area contributed by atoms with Crippen molar-refractivity contribution in [2.24, 2.45) is 0 Å². The van der Waals surface area contributed by atoms with E-state index < -0.39 is 29.6 Å². The van der Waals surface area contributed by atoms with Gasteiger partial charge in [0.1, 0.15) is 12.6 Å². The number of aliphatic hydroxyl groups is 1. The third-order valence-corrected chi connectivity index (χ3v) is 6.67. The minimum Gasteiger partial charge on any atom is -0.479 e. The Morgan fingerprint density at radius 3 is 2.34 bits per heavy atom. The number of hydrogen-bond acceptors (Lipinski definition) is 6. The summed E-state index contributed by atoms with van der Waals surface area (Å²) in [6.07, 6.45) is -0.0967. The van der Waals surface area contributed by atoms with Crippen LogP contribution in [0.2, 0.25) is 0 Å². The molecule has 2 unspecified atom stereocenters. The van der Waals surface area contributed by atoms with Crippen molar-refractivity contribution in [3.8, 4) is 17.2 Å². The number of carbonyl (C=O) groups excluding carboxylic acids is 2. The van der Waals surface area contributed by atoms with Gasteiger partial charge in [-0.3, -0.25) is 4.79 Å². The second-order valence-electron chi connectivity index (χ2n) is 8.92. The molecule has 0 bridgehead atoms. The third kappa shape index (κ3) is 4.98. The molecule has 182 valence electrons. The van der Waals surface area contributed by atoms with Gasteiger partial charge in [0, 0.05) is 25.3 Å². The van der Waals surface area contributed by atoms with E-state index in [2.05, 4.69) is 5.32 Å². The van der Waals surface area contributed by atoms with Crippen molar-refractivity contribution in [2.45, 2.75) is 43.2 Å². The number of fused-ring (bicyclic) bond motifs is 3. The number of benzene rings is 2. The number of nitriles is 1.